The molecule has 1 heterocycles. The van der Waals surface area contributed by atoms with Crippen molar-refractivity contribution in [3.63, 3.8) is 0 Å². The van der Waals surface area contributed by atoms with Gasteiger partial charge in [0.15, 0.2) is 6.20 Å². The molecular weight excluding hydrogens is 567 g/mol. The number of nitrogens with zero attached hydrogens (tertiary/aromatic N) is 1. The van der Waals surface area contributed by atoms with Crippen molar-refractivity contribution in [2.45, 2.75) is 30.6 Å². The van der Waals surface area contributed by atoms with Crippen LogP contribution in [0.25, 0.3) is 0 Å². The van der Waals surface area contributed by atoms with E-state index in [1.165, 1.54) is 12.1 Å². The van der Waals surface area contributed by atoms with Crippen LogP contribution in [-0.4, -0.2) is 26.8 Å². The highest BCUT2D eigenvalue weighted by atomic mass is 127. The van der Waals surface area contributed by atoms with E-state index in [-0.39, 0.29) is 57.5 Å². The molecule has 1 fully saturated rings. The summed E-state index contributed by atoms with van der Waals surface area (Å²) < 4.78 is 29.2. The number of amides is 2. The first-order valence-electron chi connectivity index (χ1n) is 10.1. The molecule has 0 radical (unpaired) electrons. The second-order valence-corrected chi connectivity index (χ2v) is 9.78. The predicted octanol–water partition coefficient (Wildman–Crippen LogP) is -1.29. The molecule has 32 heavy (non-hydrogen) atoms. The first-order valence-corrected chi connectivity index (χ1v) is 11.9. The van der Waals surface area contributed by atoms with E-state index < -0.39 is 10.0 Å². The highest BCUT2D eigenvalue weighted by Gasteiger charge is 2.28. The molecule has 0 atom stereocenters. The maximum absolute atomic E-state index is 12.5. The van der Waals surface area contributed by atoms with Crippen LogP contribution in [0.5, 0.6) is 0 Å². The number of pyridine rings is 1. The van der Waals surface area contributed by atoms with Gasteiger partial charge in [-0.15, -0.1) is 0 Å². The minimum absolute atomic E-state index is 0. The minimum atomic E-state index is -3.68. The van der Waals surface area contributed by atoms with Crippen LogP contribution in [0.3, 0.4) is 0 Å². The fraction of sp³-hybridized carbons (Fsp3) is 0.381. The predicted molar refractivity (Wildman–Crippen MR) is 115 cm³/mol. The number of hydrazine groups is 1. The summed E-state index contributed by atoms with van der Waals surface area (Å²) in [6.07, 6.45) is 4.42. The number of aryl methyl sites for hydroxylation is 1. The molecule has 2 aromatic rings. The van der Waals surface area contributed by atoms with Crippen LogP contribution in [0.2, 0.25) is 5.02 Å². The lowest BCUT2D eigenvalue weighted by molar-refractivity contribution is -0.673. The lowest BCUT2D eigenvalue weighted by atomic mass is 9.82. The normalized spacial score (nSPS) is 18.3. The Kier molecular flexibility index (Phi) is 9.86. The monoisotopic (exact) mass is 592 g/mol. The maximum Gasteiger partial charge on any atom is 0.334 e. The Balaban J connectivity index is 0.00000363. The van der Waals surface area contributed by atoms with Crippen molar-refractivity contribution in [1.29, 1.82) is 0 Å². The summed E-state index contributed by atoms with van der Waals surface area (Å²) in [5, 5.41) is 0.182. The molecule has 1 aliphatic carbocycles. The zero-order chi connectivity index (χ0) is 22.4. The summed E-state index contributed by atoms with van der Waals surface area (Å²) in [6.45, 7) is 0.295. The molecule has 3 N–H and O–H groups in total. The van der Waals surface area contributed by atoms with Crippen molar-refractivity contribution in [3.8, 4) is 0 Å². The number of aromatic nitrogens is 1. The van der Waals surface area contributed by atoms with Gasteiger partial charge in [0.25, 0.3) is 5.69 Å². The second-order valence-electron chi connectivity index (χ2n) is 7.64. The molecule has 0 unspecified atom stereocenters. The van der Waals surface area contributed by atoms with Gasteiger partial charge in [0.2, 0.25) is 15.9 Å². The van der Waals surface area contributed by atoms with E-state index in [1.54, 1.807) is 42.1 Å². The molecule has 0 bridgehead atoms. The topological polar surface area (TPSA) is 108 Å². The van der Waals surface area contributed by atoms with Crippen molar-refractivity contribution < 1.29 is 46.6 Å². The number of hydrogen-bond acceptors (Lipinski definition) is 4. The fourth-order valence-corrected chi connectivity index (χ4v) is 5.27. The van der Waals surface area contributed by atoms with Gasteiger partial charge in [0, 0.05) is 24.6 Å². The molecule has 0 spiro atoms. The summed E-state index contributed by atoms with van der Waals surface area (Å²) in [7, 11) is -1.93. The number of rotatable bonds is 6. The molecular formula is C21H26ClIN4O4S. The Morgan fingerprint density at radius 2 is 1.69 bits per heavy atom. The number of sulfonamides is 1. The van der Waals surface area contributed by atoms with Gasteiger partial charge in [-0.1, -0.05) is 23.7 Å². The maximum atomic E-state index is 12.5. The summed E-state index contributed by atoms with van der Waals surface area (Å²) in [4.78, 5) is 24.7. The van der Waals surface area contributed by atoms with Crippen molar-refractivity contribution in [2.24, 2.45) is 18.9 Å². The molecule has 1 aromatic carbocycles. The SMILES string of the molecule is C[n+]1ccccc1C(=O)NNC(=O)C1CCC(CNS(=O)(=O)c2ccccc2Cl)CC1.[I-]. The van der Waals surface area contributed by atoms with Crippen LogP contribution in [0.15, 0.2) is 53.6 Å². The number of halogens is 2. The van der Waals surface area contributed by atoms with Gasteiger partial charge in [-0.2, -0.15) is 4.57 Å². The second kappa shape index (κ2) is 11.9. The molecule has 3 rings (SSSR count). The minimum Gasteiger partial charge on any atom is -1.00 e. The molecule has 1 saturated carbocycles. The Hall–Kier alpha value is -1.76. The van der Waals surface area contributed by atoms with E-state index in [0.717, 1.165) is 0 Å². The van der Waals surface area contributed by atoms with Gasteiger partial charge in [-0.25, -0.2) is 13.1 Å². The summed E-state index contributed by atoms with van der Waals surface area (Å²) >= 11 is 5.99. The van der Waals surface area contributed by atoms with Gasteiger partial charge < -0.3 is 24.0 Å². The first kappa shape index (κ1) is 26.5. The number of carbonyl (C=O) groups excluding carboxylic acids is 2. The lowest BCUT2D eigenvalue weighted by Gasteiger charge is -2.27. The van der Waals surface area contributed by atoms with E-state index in [4.69, 9.17) is 11.6 Å². The van der Waals surface area contributed by atoms with Gasteiger partial charge in [0.05, 0.1) is 5.02 Å². The molecule has 1 aromatic heterocycles. The number of hydrogen-bond donors (Lipinski definition) is 3. The molecule has 0 aliphatic heterocycles. The van der Waals surface area contributed by atoms with Gasteiger partial charge in [0.1, 0.15) is 11.9 Å². The number of benzene rings is 1. The quantitative estimate of drug-likeness (QED) is 0.221. The lowest BCUT2D eigenvalue weighted by Crippen LogP contribution is -3.00. The Morgan fingerprint density at radius 3 is 2.34 bits per heavy atom. The Morgan fingerprint density at radius 1 is 1.03 bits per heavy atom. The standard InChI is InChI=1S/C21H25ClN4O4S.HI/c1-26-13-5-4-7-18(26)21(28)25-24-20(27)16-11-9-15(10-12-16)14-23-31(29,30)19-8-3-2-6-17(19)22;/h2-8,13,15-16,23,28H,9-12,14H2,1H3;1H. The number of nitrogens with one attached hydrogen (secondary N) is 3. The number of carbonyl (C=O) groups is 2. The largest absolute Gasteiger partial charge is 1.00 e. The van der Waals surface area contributed by atoms with Gasteiger partial charge >= 0.3 is 5.91 Å². The van der Waals surface area contributed by atoms with Crippen molar-refractivity contribution in [1.82, 2.24) is 15.6 Å². The Bertz CT molecular complexity index is 1060. The molecule has 11 heteroatoms. The first-order chi connectivity index (χ1) is 14.8. The molecule has 2 amide bonds. The third-order valence-electron chi connectivity index (χ3n) is 5.49. The smallest absolute Gasteiger partial charge is 0.334 e. The van der Waals surface area contributed by atoms with E-state index in [2.05, 4.69) is 15.6 Å². The van der Waals surface area contributed by atoms with Crippen LogP contribution >= 0.6 is 11.6 Å². The molecule has 8 nitrogen and oxygen atoms in total. The highest BCUT2D eigenvalue weighted by molar-refractivity contribution is 7.89. The zero-order valence-corrected chi connectivity index (χ0v) is 21.3. The molecule has 1 aliphatic rings. The molecule has 174 valence electrons. The van der Waals surface area contributed by atoms with Crippen LogP contribution < -0.4 is 44.1 Å². The Labute approximate surface area is 210 Å². The van der Waals surface area contributed by atoms with Crippen LogP contribution in [0.1, 0.15) is 36.2 Å². The molecule has 0 saturated heterocycles. The van der Waals surface area contributed by atoms with Crippen LogP contribution in [0, 0.1) is 11.8 Å². The van der Waals surface area contributed by atoms with Gasteiger partial charge in [-0.05, 0) is 49.8 Å². The van der Waals surface area contributed by atoms with E-state index in [1.807, 2.05) is 6.07 Å². The van der Waals surface area contributed by atoms with E-state index in [9.17, 15) is 18.0 Å². The highest BCUT2D eigenvalue weighted by Crippen LogP contribution is 2.29. The summed E-state index contributed by atoms with van der Waals surface area (Å²) in [5.41, 5.74) is 5.38. The third kappa shape index (κ3) is 6.87. The van der Waals surface area contributed by atoms with Crippen molar-refractivity contribution in [2.75, 3.05) is 6.54 Å². The third-order valence-corrected chi connectivity index (χ3v) is 7.42. The summed E-state index contributed by atoms with van der Waals surface area (Å²) in [5.74, 6) is -0.707. The van der Waals surface area contributed by atoms with Crippen LogP contribution in [-0.2, 0) is 21.9 Å². The average molecular weight is 593 g/mol. The zero-order valence-electron chi connectivity index (χ0n) is 17.6. The fourth-order valence-electron chi connectivity index (χ4n) is 3.64. The van der Waals surface area contributed by atoms with Crippen LogP contribution in [0.4, 0.5) is 0 Å². The van der Waals surface area contributed by atoms with E-state index >= 15 is 0 Å². The van der Waals surface area contributed by atoms with Crippen molar-refractivity contribution >= 4 is 33.4 Å². The average Bonchev–Trinajstić information content (AvgIpc) is 2.77. The van der Waals surface area contributed by atoms with Crippen molar-refractivity contribution in [3.05, 3.63) is 59.4 Å². The van der Waals surface area contributed by atoms with Gasteiger partial charge in [-0.3, -0.25) is 20.4 Å². The van der Waals surface area contributed by atoms with E-state index in [0.29, 0.717) is 37.9 Å². The summed E-state index contributed by atoms with van der Waals surface area (Å²) in [6, 6.07) is 11.5.